The van der Waals surface area contributed by atoms with Crippen LogP contribution in [0.1, 0.15) is 18.9 Å². The Bertz CT molecular complexity index is 964. The predicted molar refractivity (Wildman–Crippen MR) is 107 cm³/mol. The van der Waals surface area contributed by atoms with E-state index in [4.69, 9.17) is 27.9 Å². The number of anilines is 1. The van der Waals surface area contributed by atoms with E-state index in [1.54, 1.807) is 43.3 Å². The molecule has 0 fully saturated rings. The molecule has 1 aliphatic rings. The van der Waals surface area contributed by atoms with Crippen LogP contribution in [0.3, 0.4) is 0 Å². The highest BCUT2D eigenvalue weighted by atomic mass is 35.5. The molecular formula is C19H17Cl2N3O4. The fraction of sp³-hybridized carbons (Fsp3) is 0.211. The van der Waals surface area contributed by atoms with Crippen LogP contribution in [-0.4, -0.2) is 29.2 Å². The Morgan fingerprint density at radius 3 is 2.79 bits per heavy atom. The van der Waals surface area contributed by atoms with Gasteiger partial charge < -0.3 is 15.2 Å². The molecule has 3 N–H and O–H groups in total. The molecule has 2 aromatic rings. The highest BCUT2D eigenvalue weighted by molar-refractivity contribution is 6.35. The van der Waals surface area contributed by atoms with Gasteiger partial charge in [0, 0.05) is 28.4 Å². The van der Waals surface area contributed by atoms with Gasteiger partial charge in [-0.3, -0.25) is 9.59 Å². The Hall–Kier alpha value is -2.61. The summed E-state index contributed by atoms with van der Waals surface area (Å²) < 4.78 is 5.32. The molecule has 0 saturated carbocycles. The van der Waals surface area contributed by atoms with Crippen LogP contribution in [0, 0.1) is 0 Å². The van der Waals surface area contributed by atoms with Crippen molar-refractivity contribution >= 4 is 46.4 Å². The van der Waals surface area contributed by atoms with E-state index < -0.39 is 17.4 Å². The van der Waals surface area contributed by atoms with E-state index in [1.807, 2.05) is 0 Å². The van der Waals surface area contributed by atoms with Gasteiger partial charge >= 0.3 is 0 Å². The van der Waals surface area contributed by atoms with Crippen LogP contribution in [0.2, 0.25) is 10.0 Å². The minimum Gasteiger partial charge on any atom is -0.482 e. The molecule has 2 amide bonds. The van der Waals surface area contributed by atoms with E-state index in [0.29, 0.717) is 27.7 Å². The van der Waals surface area contributed by atoms with Gasteiger partial charge in [0.2, 0.25) is 0 Å². The molecule has 0 spiro atoms. The minimum absolute atomic E-state index is 0.0694. The number of ether oxygens (including phenoxy) is 1. The molecule has 2 aromatic carbocycles. The number of hydrazone groups is 1. The smallest absolute Gasteiger partial charge is 0.277 e. The number of para-hydroxylation sites is 1. The Morgan fingerprint density at radius 2 is 2.04 bits per heavy atom. The maximum absolute atomic E-state index is 12.2. The second-order valence-electron chi connectivity index (χ2n) is 6.28. The number of hydrogen-bond acceptors (Lipinski definition) is 5. The van der Waals surface area contributed by atoms with Crippen LogP contribution in [-0.2, 0) is 15.2 Å². The number of carbonyl (C=O) groups is 2. The van der Waals surface area contributed by atoms with Gasteiger partial charge in [-0.1, -0.05) is 41.4 Å². The van der Waals surface area contributed by atoms with Crippen LogP contribution in [0.4, 0.5) is 5.69 Å². The van der Waals surface area contributed by atoms with Gasteiger partial charge in [0.05, 0.1) is 5.02 Å². The standard InChI is InChI=1S/C19H17Cl2N3O4/c1-11(9-19(27)13-4-2-3-5-15(13)22-18(19)26)23-24-17(25)10-28-16-7-6-12(20)8-14(16)21/h2-8,27H,9-10H2,1H3,(H,22,26)(H,24,25)/b23-11-/t19-/m0/s1. The van der Waals surface area contributed by atoms with E-state index in [2.05, 4.69) is 15.8 Å². The van der Waals surface area contributed by atoms with Crippen molar-refractivity contribution in [1.82, 2.24) is 5.43 Å². The van der Waals surface area contributed by atoms with Crippen molar-refractivity contribution in [2.24, 2.45) is 5.10 Å². The highest BCUT2D eigenvalue weighted by Crippen LogP contribution is 2.38. The first-order valence-electron chi connectivity index (χ1n) is 8.33. The lowest BCUT2D eigenvalue weighted by molar-refractivity contribution is -0.132. The third-order valence-electron chi connectivity index (χ3n) is 4.13. The quantitative estimate of drug-likeness (QED) is 0.492. The molecule has 3 rings (SSSR count). The summed E-state index contributed by atoms with van der Waals surface area (Å²) in [5.74, 6) is -0.737. The molecule has 146 valence electrons. The number of fused-ring (bicyclic) bond motifs is 1. The summed E-state index contributed by atoms with van der Waals surface area (Å²) >= 11 is 11.8. The summed E-state index contributed by atoms with van der Waals surface area (Å²) in [6.07, 6.45) is -0.0694. The average Bonchev–Trinajstić information content (AvgIpc) is 2.90. The largest absolute Gasteiger partial charge is 0.482 e. The number of carbonyl (C=O) groups excluding carboxylic acids is 2. The molecule has 0 aliphatic carbocycles. The lowest BCUT2D eigenvalue weighted by Gasteiger charge is -2.20. The summed E-state index contributed by atoms with van der Waals surface area (Å²) in [6, 6.07) is 11.5. The number of aliphatic hydroxyl groups is 1. The molecule has 1 atom stereocenters. The van der Waals surface area contributed by atoms with Crippen molar-refractivity contribution < 1.29 is 19.4 Å². The molecule has 7 nitrogen and oxygen atoms in total. The van der Waals surface area contributed by atoms with E-state index in [0.717, 1.165) is 0 Å². The Kier molecular flexibility index (Phi) is 5.88. The maximum Gasteiger partial charge on any atom is 0.277 e. The van der Waals surface area contributed by atoms with Gasteiger partial charge in [-0.2, -0.15) is 5.10 Å². The first kappa shape index (κ1) is 20.1. The molecule has 1 heterocycles. The molecule has 0 bridgehead atoms. The fourth-order valence-electron chi connectivity index (χ4n) is 2.81. The molecule has 0 saturated heterocycles. The lowest BCUT2D eigenvalue weighted by Crippen LogP contribution is -2.36. The first-order chi connectivity index (χ1) is 13.3. The van der Waals surface area contributed by atoms with Crippen LogP contribution >= 0.6 is 23.2 Å². The first-order valence-corrected chi connectivity index (χ1v) is 9.08. The number of halogens is 2. The van der Waals surface area contributed by atoms with Gasteiger partial charge in [0.1, 0.15) is 5.75 Å². The summed E-state index contributed by atoms with van der Waals surface area (Å²) in [6.45, 7) is 1.29. The Labute approximate surface area is 171 Å². The zero-order chi connectivity index (χ0) is 20.3. The molecular weight excluding hydrogens is 405 g/mol. The van der Waals surface area contributed by atoms with Crippen LogP contribution in [0.5, 0.6) is 5.75 Å². The number of rotatable bonds is 6. The predicted octanol–water partition coefficient (Wildman–Crippen LogP) is 3.09. The second-order valence-corrected chi connectivity index (χ2v) is 7.13. The van der Waals surface area contributed by atoms with Gasteiger partial charge in [-0.15, -0.1) is 0 Å². The molecule has 0 radical (unpaired) electrons. The van der Waals surface area contributed by atoms with E-state index in [-0.39, 0.29) is 18.1 Å². The number of benzene rings is 2. The number of amides is 2. The molecule has 1 aliphatic heterocycles. The maximum atomic E-state index is 12.2. The molecule has 0 unspecified atom stereocenters. The van der Waals surface area contributed by atoms with Gasteiger partial charge in [0.25, 0.3) is 11.8 Å². The lowest BCUT2D eigenvalue weighted by atomic mass is 9.90. The third kappa shape index (κ3) is 4.27. The average molecular weight is 422 g/mol. The van der Waals surface area contributed by atoms with Crippen molar-refractivity contribution in [3.05, 3.63) is 58.1 Å². The van der Waals surface area contributed by atoms with Gasteiger partial charge in [-0.05, 0) is 31.2 Å². The molecule has 28 heavy (non-hydrogen) atoms. The number of nitrogens with zero attached hydrogens (tertiary/aromatic N) is 1. The summed E-state index contributed by atoms with van der Waals surface area (Å²) in [5, 5.41) is 18.1. The van der Waals surface area contributed by atoms with Crippen LogP contribution in [0.15, 0.2) is 47.6 Å². The zero-order valence-corrected chi connectivity index (χ0v) is 16.3. The van der Waals surface area contributed by atoms with E-state index in [1.165, 1.54) is 6.07 Å². The molecule has 9 heteroatoms. The van der Waals surface area contributed by atoms with Crippen LogP contribution in [0.25, 0.3) is 0 Å². The number of nitrogens with one attached hydrogen (secondary N) is 2. The van der Waals surface area contributed by atoms with Gasteiger partial charge in [0.15, 0.2) is 12.2 Å². The van der Waals surface area contributed by atoms with Crippen molar-refractivity contribution in [1.29, 1.82) is 0 Å². The third-order valence-corrected chi connectivity index (χ3v) is 4.66. The number of hydrogen-bond donors (Lipinski definition) is 3. The summed E-state index contributed by atoms with van der Waals surface area (Å²) in [7, 11) is 0. The van der Waals surface area contributed by atoms with E-state index >= 15 is 0 Å². The highest BCUT2D eigenvalue weighted by Gasteiger charge is 2.45. The normalized spacial score (nSPS) is 18.4. The van der Waals surface area contributed by atoms with Crippen molar-refractivity contribution in [3.8, 4) is 5.75 Å². The fourth-order valence-corrected chi connectivity index (χ4v) is 3.27. The topological polar surface area (TPSA) is 100 Å². The zero-order valence-electron chi connectivity index (χ0n) is 14.8. The SMILES string of the molecule is C/C(C[C@@]1(O)C(=O)Nc2ccccc21)=N/NC(=O)COc1ccc(Cl)cc1Cl. The van der Waals surface area contributed by atoms with Crippen LogP contribution < -0.4 is 15.5 Å². The summed E-state index contributed by atoms with van der Waals surface area (Å²) in [5.41, 5.74) is 1.99. The Morgan fingerprint density at radius 1 is 1.29 bits per heavy atom. The second kappa shape index (κ2) is 8.18. The Balaban J connectivity index is 1.58. The monoisotopic (exact) mass is 421 g/mol. The van der Waals surface area contributed by atoms with Crippen molar-refractivity contribution in [2.75, 3.05) is 11.9 Å². The van der Waals surface area contributed by atoms with E-state index in [9.17, 15) is 14.7 Å². The van der Waals surface area contributed by atoms with Gasteiger partial charge in [-0.25, -0.2) is 5.43 Å². The molecule has 0 aromatic heterocycles. The van der Waals surface area contributed by atoms with Crippen molar-refractivity contribution in [2.45, 2.75) is 18.9 Å². The minimum atomic E-state index is -1.73. The summed E-state index contributed by atoms with van der Waals surface area (Å²) in [4.78, 5) is 24.1. The van der Waals surface area contributed by atoms with Crippen molar-refractivity contribution in [3.63, 3.8) is 0 Å².